The molecule has 1 aliphatic carbocycles. The van der Waals surface area contributed by atoms with Crippen molar-refractivity contribution >= 4 is 19.7 Å². The fraction of sp³-hybridized carbons (Fsp3) is 0.818. The molecular formula is C11H14F6O4S2. The quantitative estimate of drug-likeness (QED) is 0.548. The summed E-state index contributed by atoms with van der Waals surface area (Å²) in [5.41, 5.74) is -12.2. The van der Waals surface area contributed by atoms with E-state index in [4.69, 9.17) is 0 Å². The van der Waals surface area contributed by atoms with Gasteiger partial charge in [0, 0.05) is 0 Å². The lowest BCUT2D eigenvalue weighted by molar-refractivity contribution is -0.0482. The van der Waals surface area contributed by atoms with Gasteiger partial charge in [0.15, 0.2) is 4.58 Å². The Hall–Kier alpha value is -0.780. The summed E-state index contributed by atoms with van der Waals surface area (Å²) in [4.78, 5) is 0. The lowest BCUT2D eigenvalue weighted by Crippen LogP contribution is -2.49. The van der Waals surface area contributed by atoms with Crippen molar-refractivity contribution in [2.45, 2.75) is 41.3 Å². The monoisotopic (exact) mass is 388 g/mol. The molecule has 0 N–H and O–H groups in total. The van der Waals surface area contributed by atoms with Crippen molar-refractivity contribution in [3.05, 3.63) is 12.7 Å². The maximum absolute atomic E-state index is 12.7. The molecule has 1 saturated carbocycles. The van der Waals surface area contributed by atoms with Gasteiger partial charge >= 0.3 is 11.0 Å². The van der Waals surface area contributed by atoms with Crippen LogP contribution in [0.25, 0.3) is 0 Å². The zero-order valence-corrected chi connectivity index (χ0v) is 13.2. The molecule has 0 aromatic rings. The van der Waals surface area contributed by atoms with Crippen LogP contribution in [-0.2, 0) is 19.7 Å². The minimum absolute atomic E-state index is 0.0748. The maximum atomic E-state index is 12.7. The van der Waals surface area contributed by atoms with Crippen LogP contribution in [0.3, 0.4) is 0 Å². The molecule has 0 saturated heterocycles. The summed E-state index contributed by atoms with van der Waals surface area (Å²) in [6.45, 7) is 3.43. The molecule has 0 aromatic heterocycles. The topological polar surface area (TPSA) is 68.3 Å². The second-order valence-corrected chi connectivity index (χ2v) is 9.68. The molecular weight excluding hydrogens is 374 g/mol. The molecule has 0 bridgehead atoms. The van der Waals surface area contributed by atoms with Crippen molar-refractivity contribution in [3.63, 3.8) is 0 Å². The molecule has 0 spiro atoms. The highest BCUT2D eigenvalue weighted by atomic mass is 32.3. The third-order valence-electron chi connectivity index (χ3n) is 3.79. The number of halogens is 6. The van der Waals surface area contributed by atoms with E-state index >= 15 is 0 Å². The smallest absolute Gasteiger partial charge is 0.218 e. The second kappa shape index (κ2) is 6.26. The van der Waals surface area contributed by atoms with Gasteiger partial charge in [0.25, 0.3) is 19.7 Å². The molecule has 23 heavy (non-hydrogen) atoms. The van der Waals surface area contributed by atoms with Crippen molar-refractivity contribution in [2.75, 3.05) is 0 Å². The number of rotatable bonds is 4. The van der Waals surface area contributed by atoms with Gasteiger partial charge in [-0.05, 0) is 37.5 Å². The lowest BCUT2D eigenvalue weighted by Gasteiger charge is -2.32. The molecule has 0 unspecified atom stereocenters. The van der Waals surface area contributed by atoms with Crippen LogP contribution in [0.1, 0.15) is 25.7 Å². The van der Waals surface area contributed by atoms with Crippen molar-refractivity contribution in [2.24, 2.45) is 11.8 Å². The van der Waals surface area contributed by atoms with Crippen molar-refractivity contribution in [3.8, 4) is 0 Å². The zero-order valence-electron chi connectivity index (χ0n) is 11.6. The number of allylic oxidation sites excluding steroid dienone is 1. The molecule has 1 aliphatic rings. The van der Waals surface area contributed by atoms with Crippen molar-refractivity contribution in [1.29, 1.82) is 0 Å². The number of hydrogen-bond donors (Lipinski definition) is 0. The first-order valence-electron chi connectivity index (χ1n) is 6.39. The molecule has 0 atom stereocenters. The second-order valence-electron chi connectivity index (χ2n) is 5.26. The predicted octanol–water partition coefficient (Wildman–Crippen LogP) is 3.17. The molecule has 0 heterocycles. The lowest BCUT2D eigenvalue weighted by atomic mass is 9.83. The Morgan fingerprint density at radius 3 is 1.43 bits per heavy atom. The standard InChI is InChI=1S/C11H14F6O4S2/c1-2-7-3-5-8(6-4-7)9(22(18,19)10(12,13)14)23(20,21)11(15,16)17/h2,7-9H,1,3-6H2. The highest BCUT2D eigenvalue weighted by Crippen LogP contribution is 2.44. The van der Waals surface area contributed by atoms with E-state index in [0.29, 0.717) is 0 Å². The third-order valence-corrected chi connectivity index (χ3v) is 8.60. The van der Waals surface area contributed by atoms with E-state index < -0.39 is 41.2 Å². The van der Waals surface area contributed by atoms with E-state index in [2.05, 4.69) is 6.58 Å². The Morgan fingerprint density at radius 2 is 1.17 bits per heavy atom. The molecule has 1 fully saturated rings. The first kappa shape index (κ1) is 20.3. The fourth-order valence-corrected chi connectivity index (χ4v) is 6.66. The largest absolute Gasteiger partial charge is 0.498 e. The molecule has 0 radical (unpaired) electrons. The number of alkyl halides is 6. The van der Waals surface area contributed by atoms with Crippen LogP contribution in [0.4, 0.5) is 26.3 Å². The summed E-state index contributed by atoms with van der Waals surface area (Å²) < 4.78 is 118. The number of sulfone groups is 2. The van der Waals surface area contributed by atoms with Crippen LogP contribution in [0, 0.1) is 11.8 Å². The Kier molecular flexibility index (Phi) is 5.52. The van der Waals surface area contributed by atoms with Crippen LogP contribution in [0.15, 0.2) is 12.7 Å². The van der Waals surface area contributed by atoms with Gasteiger partial charge in [-0.2, -0.15) is 26.3 Å². The maximum Gasteiger partial charge on any atom is 0.498 e. The highest BCUT2D eigenvalue weighted by Gasteiger charge is 2.64. The van der Waals surface area contributed by atoms with Crippen LogP contribution in [0.5, 0.6) is 0 Å². The van der Waals surface area contributed by atoms with E-state index in [1.165, 1.54) is 6.08 Å². The molecule has 0 aliphatic heterocycles. The van der Waals surface area contributed by atoms with E-state index in [9.17, 15) is 43.2 Å². The molecule has 1 rings (SSSR count). The summed E-state index contributed by atoms with van der Waals surface area (Å²) in [6, 6.07) is 0. The Labute approximate surface area is 129 Å². The van der Waals surface area contributed by atoms with Crippen LogP contribution >= 0.6 is 0 Å². The van der Waals surface area contributed by atoms with Crippen molar-refractivity contribution < 1.29 is 43.2 Å². The third kappa shape index (κ3) is 3.83. The molecule has 12 heteroatoms. The SMILES string of the molecule is C=CC1CCC(C(S(=O)(=O)C(F)(F)F)S(=O)(=O)C(F)(F)F)CC1. The summed E-state index contributed by atoms with van der Waals surface area (Å²) in [5, 5.41) is 0. The fourth-order valence-electron chi connectivity index (χ4n) is 2.59. The van der Waals surface area contributed by atoms with Gasteiger partial charge < -0.3 is 0 Å². The first-order valence-corrected chi connectivity index (χ1v) is 9.48. The van der Waals surface area contributed by atoms with E-state index in [1.807, 2.05) is 0 Å². The Bertz CT molecular complexity index is 595. The molecule has 0 aromatic carbocycles. The van der Waals surface area contributed by atoms with Gasteiger partial charge in [0.2, 0.25) is 0 Å². The predicted molar refractivity (Wildman–Crippen MR) is 69.4 cm³/mol. The van der Waals surface area contributed by atoms with Gasteiger partial charge in [0.1, 0.15) is 0 Å². The minimum Gasteiger partial charge on any atom is -0.218 e. The minimum atomic E-state index is -6.54. The van der Waals surface area contributed by atoms with Gasteiger partial charge in [-0.3, -0.25) is 0 Å². The van der Waals surface area contributed by atoms with E-state index in [1.54, 1.807) is 0 Å². The van der Waals surface area contributed by atoms with E-state index in [0.717, 1.165) is 0 Å². The summed E-state index contributed by atoms with van der Waals surface area (Å²) >= 11 is 0. The van der Waals surface area contributed by atoms with Crippen molar-refractivity contribution in [1.82, 2.24) is 0 Å². The number of hydrogen-bond acceptors (Lipinski definition) is 4. The normalized spacial score (nSPS) is 24.7. The summed E-state index contributed by atoms with van der Waals surface area (Å²) in [7, 11) is -13.1. The highest BCUT2D eigenvalue weighted by molar-refractivity contribution is 8.09. The van der Waals surface area contributed by atoms with Crippen LogP contribution in [-0.4, -0.2) is 32.4 Å². The van der Waals surface area contributed by atoms with Gasteiger partial charge in [-0.1, -0.05) is 6.08 Å². The first-order chi connectivity index (χ1) is 10.2. The summed E-state index contributed by atoms with van der Waals surface area (Å²) in [6.07, 6.45) is 0.830. The van der Waals surface area contributed by atoms with Gasteiger partial charge in [-0.25, -0.2) is 16.8 Å². The average molecular weight is 388 g/mol. The van der Waals surface area contributed by atoms with Gasteiger partial charge in [-0.15, -0.1) is 6.58 Å². The van der Waals surface area contributed by atoms with Crippen LogP contribution in [0.2, 0.25) is 0 Å². The van der Waals surface area contributed by atoms with Gasteiger partial charge in [0.05, 0.1) is 0 Å². The molecule has 4 nitrogen and oxygen atoms in total. The summed E-state index contributed by atoms with van der Waals surface area (Å²) in [5.74, 6) is -1.97. The van der Waals surface area contributed by atoms with E-state index in [-0.39, 0.29) is 31.6 Å². The Morgan fingerprint density at radius 1 is 0.826 bits per heavy atom. The molecule has 0 amide bonds. The molecule has 136 valence electrons. The Balaban J connectivity index is 3.39. The average Bonchev–Trinajstić information content (AvgIpc) is 2.36. The zero-order chi connectivity index (χ0) is 18.3. The van der Waals surface area contributed by atoms with Crippen LogP contribution < -0.4 is 0 Å².